The summed E-state index contributed by atoms with van der Waals surface area (Å²) in [5.41, 5.74) is -0.112. The van der Waals surface area contributed by atoms with E-state index in [4.69, 9.17) is 23.2 Å². The van der Waals surface area contributed by atoms with Crippen LogP contribution in [0.25, 0.3) is 10.9 Å². The molecule has 0 atom stereocenters. The quantitative estimate of drug-likeness (QED) is 0.812. The molecule has 2 rings (SSSR count). The maximum Gasteiger partial charge on any atom is 0.343 e. The van der Waals surface area contributed by atoms with E-state index >= 15 is 0 Å². The number of halogens is 2. The zero-order chi connectivity index (χ0) is 12.6. The third-order valence-corrected chi connectivity index (χ3v) is 3.15. The van der Waals surface area contributed by atoms with Crippen molar-refractivity contribution in [3.05, 3.63) is 44.2 Å². The van der Waals surface area contributed by atoms with Gasteiger partial charge in [0.25, 0.3) is 0 Å². The van der Waals surface area contributed by atoms with Gasteiger partial charge in [-0.15, -0.1) is 0 Å². The summed E-state index contributed by atoms with van der Waals surface area (Å²) in [6.45, 7) is 0. The summed E-state index contributed by atoms with van der Waals surface area (Å²) in [4.78, 5) is 26.1. The number of rotatable bonds is 1. The molecule has 2 aromatic rings. The first-order valence-electron chi connectivity index (χ1n) is 4.64. The minimum Gasteiger partial charge on any atom is -0.465 e. The first kappa shape index (κ1) is 12.0. The molecular formula is C11H7Cl2NO3. The van der Waals surface area contributed by atoms with Crippen LogP contribution in [0.3, 0.4) is 0 Å². The van der Waals surface area contributed by atoms with Crippen molar-refractivity contribution >= 4 is 40.1 Å². The normalized spacial score (nSPS) is 10.5. The number of carbonyl (C=O) groups excluding carboxylic acids is 1. The van der Waals surface area contributed by atoms with E-state index in [1.54, 1.807) is 0 Å². The van der Waals surface area contributed by atoms with Crippen LogP contribution in [0.5, 0.6) is 0 Å². The summed E-state index contributed by atoms with van der Waals surface area (Å²) in [5, 5.41) is 0.876. The van der Waals surface area contributed by atoms with Crippen LogP contribution in [-0.2, 0) is 4.74 Å². The Morgan fingerprint density at radius 3 is 2.71 bits per heavy atom. The first-order chi connectivity index (χ1) is 8.06. The largest absolute Gasteiger partial charge is 0.465 e. The van der Waals surface area contributed by atoms with Crippen LogP contribution in [0, 0.1) is 0 Å². The van der Waals surface area contributed by atoms with Gasteiger partial charge in [-0.3, -0.25) is 4.79 Å². The molecule has 0 fully saturated rings. The van der Waals surface area contributed by atoms with Crippen LogP contribution in [0.1, 0.15) is 10.4 Å². The molecule has 1 N–H and O–H groups in total. The zero-order valence-electron chi connectivity index (χ0n) is 8.71. The second-order valence-corrected chi connectivity index (χ2v) is 4.09. The van der Waals surface area contributed by atoms with Crippen LogP contribution >= 0.6 is 23.2 Å². The van der Waals surface area contributed by atoms with E-state index in [1.807, 2.05) is 0 Å². The monoisotopic (exact) mass is 271 g/mol. The van der Waals surface area contributed by atoms with Crippen molar-refractivity contribution in [1.29, 1.82) is 0 Å². The average Bonchev–Trinajstić information content (AvgIpc) is 2.33. The van der Waals surface area contributed by atoms with E-state index in [9.17, 15) is 9.59 Å². The highest BCUT2D eigenvalue weighted by atomic mass is 35.5. The van der Waals surface area contributed by atoms with E-state index in [2.05, 4.69) is 9.72 Å². The maximum absolute atomic E-state index is 12.0. The van der Waals surface area contributed by atoms with Gasteiger partial charge in [0.2, 0.25) is 5.43 Å². The van der Waals surface area contributed by atoms with Crippen LogP contribution in [0.15, 0.2) is 23.1 Å². The summed E-state index contributed by atoms with van der Waals surface area (Å²) in [7, 11) is 1.21. The Kier molecular flexibility index (Phi) is 3.09. The summed E-state index contributed by atoms with van der Waals surface area (Å²) in [6.07, 6.45) is 1.26. The van der Waals surface area contributed by atoms with Crippen molar-refractivity contribution in [1.82, 2.24) is 4.98 Å². The van der Waals surface area contributed by atoms with E-state index in [-0.39, 0.29) is 10.6 Å². The fourth-order valence-electron chi connectivity index (χ4n) is 1.50. The Bertz CT molecular complexity index is 664. The lowest BCUT2D eigenvalue weighted by atomic mass is 10.1. The number of methoxy groups -OCH3 is 1. The highest BCUT2D eigenvalue weighted by Gasteiger charge is 2.15. The fourth-order valence-corrected chi connectivity index (χ4v) is 1.87. The van der Waals surface area contributed by atoms with Gasteiger partial charge in [0.05, 0.1) is 22.7 Å². The number of hydrogen-bond acceptors (Lipinski definition) is 3. The standard InChI is InChI=1S/C11H7Cl2NO3/c1-17-11(16)6-4-14-9-5(10(6)15)2-3-7(12)8(9)13/h2-4H,1H3,(H,14,15). The number of pyridine rings is 1. The fraction of sp³-hybridized carbons (Fsp3) is 0.0909. The number of aromatic amines is 1. The molecule has 1 aromatic carbocycles. The maximum atomic E-state index is 12.0. The van der Waals surface area contributed by atoms with Crippen LogP contribution in [-0.4, -0.2) is 18.1 Å². The third kappa shape index (κ3) is 1.90. The van der Waals surface area contributed by atoms with Gasteiger partial charge in [0.15, 0.2) is 0 Å². The number of carbonyl (C=O) groups is 1. The zero-order valence-corrected chi connectivity index (χ0v) is 10.2. The third-order valence-electron chi connectivity index (χ3n) is 2.35. The lowest BCUT2D eigenvalue weighted by Crippen LogP contribution is -2.17. The van der Waals surface area contributed by atoms with Crippen molar-refractivity contribution in [2.45, 2.75) is 0 Å². The van der Waals surface area contributed by atoms with E-state index in [1.165, 1.54) is 25.4 Å². The minimum absolute atomic E-state index is 0.0709. The molecule has 0 aliphatic heterocycles. The molecule has 0 aliphatic carbocycles. The number of fused-ring (bicyclic) bond motifs is 1. The minimum atomic E-state index is -0.695. The van der Waals surface area contributed by atoms with Gasteiger partial charge in [-0.25, -0.2) is 4.79 Å². The molecule has 0 amide bonds. The van der Waals surface area contributed by atoms with Crippen molar-refractivity contribution in [3.63, 3.8) is 0 Å². The highest BCUT2D eigenvalue weighted by molar-refractivity contribution is 6.45. The number of esters is 1. The lowest BCUT2D eigenvalue weighted by molar-refractivity contribution is 0.0599. The molecule has 6 heteroatoms. The van der Waals surface area contributed by atoms with Crippen LogP contribution in [0.4, 0.5) is 0 Å². The molecule has 0 bridgehead atoms. The van der Waals surface area contributed by atoms with E-state index in [0.717, 1.165) is 0 Å². The SMILES string of the molecule is COC(=O)c1c[nH]c2c(Cl)c(Cl)ccc2c1=O. The molecule has 1 heterocycles. The number of H-pyrrole nitrogens is 1. The summed E-state index contributed by atoms with van der Waals surface area (Å²) in [5.74, 6) is -0.695. The van der Waals surface area contributed by atoms with Gasteiger partial charge in [0.1, 0.15) is 5.56 Å². The molecule has 0 saturated carbocycles. The Morgan fingerprint density at radius 1 is 1.35 bits per heavy atom. The average molecular weight is 272 g/mol. The first-order valence-corrected chi connectivity index (χ1v) is 5.39. The number of aromatic nitrogens is 1. The molecule has 0 spiro atoms. The van der Waals surface area contributed by atoms with Gasteiger partial charge in [0, 0.05) is 11.6 Å². The molecule has 17 heavy (non-hydrogen) atoms. The molecule has 0 unspecified atom stereocenters. The number of nitrogens with one attached hydrogen (secondary N) is 1. The van der Waals surface area contributed by atoms with Crippen molar-refractivity contribution < 1.29 is 9.53 Å². The number of hydrogen-bond donors (Lipinski definition) is 1. The van der Waals surface area contributed by atoms with Crippen molar-refractivity contribution in [2.24, 2.45) is 0 Å². The summed E-state index contributed by atoms with van der Waals surface area (Å²) in [6, 6.07) is 3.01. The van der Waals surface area contributed by atoms with Gasteiger partial charge in [-0.2, -0.15) is 0 Å². The predicted octanol–water partition coefficient (Wildman–Crippen LogP) is 2.62. The molecule has 4 nitrogen and oxygen atoms in total. The Morgan fingerprint density at radius 2 is 2.06 bits per heavy atom. The van der Waals surface area contributed by atoms with Crippen molar-refractivity contribution in [3.8, 4) is 0 Å². The number of benzene rings is 1. The van der Waals surface area contributed by atoms with Gasteiger partial charge >= 0.3 is 5.97 Å². The summed E-state index contributed by atoms with van der Waals surface area (Å²) >= 11 is 11.8. The molecule has 0 radical (unpaired) electrons. The van der Waals surface area contributed by atoms with Crippen LogP contribution in [0.2, 0.25) is 10.0 Å². The highest BCUT2D eigenvalue weighted by Crippen LogP contribution is 2.27. The van der Waals surface area contributed by atoms with Gasteiger partial charge in [-0.1, -0.05) is 23.2 Å². The molecule has 0 aliphatic rings. The topological polar surface area (TPSA) is 59.2 Å². The second kappa shape index (κ2) is 4.39. The molecule has 88 valence electrons. The Balaban J connectivity index is 2.83. The molecule has 0 saturated heterocycles. The Labute approximate surface area is 106 Å². The lowest BCUT2D eigenvalue weighted by Gasteiger charge is -2.04. The number of ether oxygens (including phenoxy) is 1. The van der Waals surface area contributed by atoms with Crippen LogP contribution < -0.4 is 5.43 Å². The molecular weight excluding hydrogens is 265 g/mol. The van der Waals surface area contributed by atoms with E-state index in [0.29, 0.717) is 15.9 Å². The van der Waals surface area contributed by atoms with Gasteiger partial charge in [-0.05, 0) is 12.1 Å². The van der Waals surface area contributed by atoms with Crippen molar-refractivity contribution in [2.75, 3.05) is 7.11 Å². The Hall–Kier alpha value is -1.52. The van der Waals surface area contributed by atoms with E-state index < -0.39 is 11.4 Å². The molecule has 1 aromatic heterocycles. The smallest absolute Gasteiger partial charge is 0.343 e. The second-order valence-electron chi connectivity index (χ2n) is 3.31. The van der Waals surface area contributed by atoms with Gasteiger partial charge < -0.3 is 9.72 Å². The predicted molar refractivity (Wildman–Crippen MR) is 65.9 cm³/mol. The summed E-state index contributed by atoms with van der Waals surface area (Å²) < 4.78 is 4.50.